The minimum atomic E-state index is -0.154. The highest BCUT2D eigenvalue weighted by Crippen LogP contribution is 2.13. The van der Waals surface area contributed by atoms with Crippen LogP contribution >= 0.6 is 11.3 Å². The maximum atomic E-state index is 11.9. The zero-order valence-electron chi connectivity index (χ0n) is 12.7. The summed E-state index contributed by atoms with van der Waals surface area (Å²) in [6.45, 7) is 2.72. The van der Waals surface area contributed by atoms with Crippen molar-refractivity contribution in [2.75, 3.05) is 11.9 Å². The molecule has 1 heterocycles. The van der Waals surface area contributed by atoms with E-state index >= 15 is 0 Å². The highest BCUT2D eigenvalue weighted by atomic mass is 32.1. The number of hydrogen-bond acceptors (Lipinski definition) is 4. The highest BCUT2D eigenvalue weighted by Gasteiger charge is 2.09. The highest BCUT2D eigenvalue weighted by molar-refractivity contribution is 7.07. The van der Waals surface area contributed by atoms with E-state index in [-0.39, 0.29) is 18.6 Å². The van der Waals surface area contributed by atoms with Crippen LogP contribution in [0.1, 0.15) is 24.5 Å². The van der Waals surface area contributed by atoms with E-state index in [4.69, 9.17) is 5.11 Å². The molecule has 2 aromatic rings. The van der Waals surface area contributed by atoms with E-state index in [0.717, 1.165) is 24.2 Å². The predicted molar refractivity (Wildman–Crippen MR) is 91.1 cm³/mol. The van der Waals surface area contributed by atoms with Gasteiger partial charge < -0.3 is 15.7 Å². The Morgan fingerprint density at radius 2 is 2.00 bits per heavy atom. The van der Waals surface area contributed by atoms with E-state index in [1.165, 1.54) is 5.56 Å². The lowest BCUT2D eigenvalue weighted by molar-refractivity contribution is -0.121. The molecule has 0 fully saturated rings. The van der Waals surface area contributed by atoms with Crippen LogP contribution in [0.3, 0.4) is 0 Å². The first-order chi connectivity index (χ1) is 10.7. The van der Waals surface area contributed by atoms with Gasteiger partial charge in [0.05, 0.1) is 19.1 Å². The summed E-state index contributed by atoms with van der Waals surface area (Å²) in [5.41, 5.74) is 3.27. The fourth-order valence-electron chi connectivity index (χ4n) is 2.08. The van der Waals surface area contributed by atoms with E-state index in [9.17, 15) is 4.79 Å². The third kappa shape index (κ3) is 5.16. The van der Waals surface area contributed by atoms with Gasteiger partial charge in [-0.05, 0) is 46.5 Å². The summed E-state index contributed by atoms with van der Waals surface area (Å²) >= 11 is 1.69. The van der Waals surface area contributed by atoms with Crippen molar-refractivity contribution in [1.29, 1.82) is 0 Å². The molecule has 0 saturated carbocycles. The number of aliphatic hydroxyl groups excluding tert-OH is 1. The second kappa shape index (κ2) is 8.56. The Bertz CT molecular complexity index is 563. The van der Waals surface area contributed by atoms with Crippen LogP contribution in [0.5, 0.6) is 0 Å². The van der Waals surface area contributed by atoms with Crippen LogP contribution in [-0.4, -0.2) is 23.7 Å². The number of aliphatic hydroxyl groups is 1. The Morgan fingerprint density at radius 3 is 2.59 bits per heavy atom. The summed E-state index contributed by atoms with van der Waals surface area (Å²) in [5.74, 6) is -0.0557. The summed E-state index contributed by atoms with van der Waals surface area (Å²) in [5, 5.41) is 19.4. The molecule has 4 nitrogen and oxygen atoms in total. The lowest BCUT2D eigenvalue weighted by Gasteiger charge is -2.14. The smallest absolute Gasteiger partial charge is 0.224 e. The molecule has 3 N–H and O–H groups in total. The summed E-state index contributed by atoms with van der Waals surface area (Å²) in [7, 11) is 0. The number of hydrogen-bond donors (Lipinski definition) is 3. The van der Waals surface area contributed by atoms with Crippen LogP contribution in [-0.2, 0) is 17.8 Å². The monoisotopic (exact) mass is 318 g/mol. The molecule has 1 atom stereocenters. The van der Waals surface area contributed by atoms with Gasteiger partial charge in [0.1, 0.15) is 0 Å². The first-order valence-corrected chi connectivity index (χ1v) is 8.39. The molecule has 22 heavy (non-hydrogen) atoms. The van der Waals surface area contributed by atoms with E-state index in [0.29, 0.717) is 6.42 Å². The number of rotatable bonds is 8. The zero-order chi connectivity index (χ0) is 15.8. The number of anilines is 1. The molecular weight excluding hydrogens is 296 g/mol. The van der Waals surface area contributed by atoms with Crippen molar-refractivity contribution >= 4 is 22.9 Å². The van der Waals surface area contributed by atoms with Gasteiger partial charge >= 0.3 is 0 Å². The quantitative estimate of drug-likeness (QED) is 0.701. The normalized spacial score (nSPS) is 11.9. The number of carbonyl (C=O) groups excluding carboxylic acids is 1. The van der Waals surface area contributed by atoms with Gasteiger partial charge in [-0.15, -0.1) is 0 Å². The van der Waals surface area contributed by atoms with Crippen molar-refractivity contribution in [3.05, 3.63) is 52.2 Å². The van der Waals surface area contributed by atoms with Gasteiger partial charge in [0.15, 0.2) is 0 Å². The molecule has 0 aliphatic rings. The third-order valence-corrected chi connectivity index (χ3v) is 4.21. The Hall–Kier alpha value is -1.85. The molecule has 1 aromatic carbocycles. The summed E-state index contributed by atoms with van der Waals surface area (Å²) in [6, 6.07) is 9.82. The first-order valence-electron chi connectivity index (χ1n) is 7.45. The molecular formula is C17H22N2O2S. The van der Waals surface area contributed by atoms with Crippen molar-refractivity contribution in [1.82, 2.24) is 5.32 Å². The van der Waals surface area contributed by atoms with Gasteiger partial charge in [0.25, 0.3) is 0 Å². The third-order valence-electron chi connectivity index (χ3n) is 3.47. The van der Waals surface area contributed by atoms with Crippen LogP contribution < -0.4 is 10.6 Å². The molecule has 0 saturated heterocycles. The fraction of sp³-hybridized carbons (Fsp3) is 0.353. The van der Waals surface area contributed by atoms with Gasteiger partial charge in [0, 0.05) is 12.2 Å². The van der Waals surface area contributed by atoms with Gasteiger partial charge in [-0.1, -0.05) is 19.1 Å². The van der Waals surface area contributed by atoms with Crippen molar-refractivity contribution in [2.24, 2.45) is 0 Å². The fourth-order valence-corrected chi connectivity index (χ4v) is 2.75. The maximum absolute atomic E-state index is 11.9. The molecule has 1 amide bonds. The van der Waals surface area contributed by atoms with Gasteiger partial charge in [-0.2, -0.15) is 11.3 Å². The predicted octanol–water partition coefficient (Wildman–Crippen LogP) is 2.79. The summed E-state index contributed by atoms with van der Waals surface area (Å²) in [4.78, 5) is 11.9. The van der Waals surface area contributed by atoms with Gasteiger partial charge in [0.2, 0.25) is 5.91 Å². The van der Waals surface area contributed by atoms with E-state index in [1.807, 2.05) is 31.2 Å². The molecule has 0 unspecified atom stereocenters. The van der Waals surface area contributed by atoms with E-state index in [2.05, 4.69) is 27.5 Å². The van der Waals surface area contributed by atoms with Crippen LogP contribution in [0.4, 0.5) is 5.69 Å². The second-order valence-electron chi connectivity index (χ2n) is 5.21. The maximum Gasteiger partial charge on any atom is 0.224 e. The van der Waals surface area contributed by atoms with Crippen LogP contribution in [0, 0.1) is 0 Å². The molecule has 2 rings (SSSR count). The average molecular weight is 318 g/mol. The minimum absolute atomic E-state index is 0.0202. The minimum Gasteiger partial charge on any atom is -0.394 e. The number of amides is 1. The van der Waals surface area contributed by atoms with Crippen LogP contribution in [0.25, 0.3) is 0 Å². The average Bonchev–Trinajstić information content (AvgIpc) is 3.05. The lowest BCUT2D eigenvalue weighted by atomic mass is 10.1. The molecule has 0 bridgehead atoms. The largest absolute Gasteiger partial charge is 0.394 e. The Morgan fingerprint density at radius 1 is 1.23 bits per heavy atom. The number of carbonyl (C=O) groups is 1. The van der Waals surface area contributed by atoms with Crippen molar-refractivity contribution in [2.45, 2.75) is 32.4 Å². The molecule has 118 valence electrons. The second-order valence-corrected chi connectivity index (χ2v) is 5.99. The number of benzene rings is 1. The Balaban J connectivity index is 1.82. The van der Waals surface area contributed by atoms with Gasteiger partial charge in [-0.3, -0.25) is 4.79 Å². The lowest BCUT2D eigenvalue weighted by Crippen LogP contribution is -2.37. The van der Waals surface area contributed by atoms with Crippen molar-refractivity contribution in [3.63, 3.8) is 0 Å². The molecule has 0 radical (unpaired) electrons. The van der Waals surface area contributed by atoms with Gasteiger partial charge in [-0.25, -0.2) is 0 Å². The molecule has 5 heteroatoms. The van der Waals surface area contributed by atoms with E-state index < -0.39 is 0 Å². The molecule has 0 spiro atoms. The molecule has 0 aliphatic carbocycles. The summed E-state index contributed by atoms with van der Waals surface area (Å²) in [6.07, 6.45) is 1.06. The topological polar surface area (TPSA) is 61.4 Å². The van der Waals surface area contributed by atoms with Crippen LogP contribution in [0.15, 0.2) is 41.1 Å². The van der Waals surface area contributed by atoms with E-state index in [1.54, 1.807) is 11.3 Å². The molecule has 1 aromatic heterocycles. The Labute approximate surface area is 135 Å². The van der Waals surface area contributed by atoms with Crippen molar-refractivity contribution < 1.29 is 9.90 Å². The number of nitrogens with one attached hydrogen (secondary N) is 2. The molecule has 0 aliphatic heterocycles. The summed E-state index contributed by atoms with van der Waals surface area (Å²) < 4.78 is 0. The standard InChI is InChI=1S/C17H22N2O2S/c1-2-15(11-20)19-17(21)9-13-3-5-16(6-4-13)18-10-14-7-8-22-12-14/h3-8,12,15,18,20H,2,9-11H2,1H3,(H,19,21)/t15-/m1/s1. The van der Waals surface area contributed by atoms with Crippen LogP contribution in [0.2, 0.25) is 0 Å². The first kappa shape index (κ1) is 16.5. The Kier molecular flexibility index (Phi) is 6.43. The number of thiophene rings is 1. The SMILES string of the molecule is CC[C@H](CO)NC(=O)Cc1ccc(NCc2ccsc2)cc1. The zero-order valence-corrected chi connectivity index (χ0v) is 13.5. The van der Waals surface area contributed by atoms with Crippen molar-refractivity contribution in [3.8, 4) is 0 Å².